The molecule has 2 aromatic rings. The van der Waals surface area contributed by atoms with Gasteiger partial charge in [0.25, 0.3) is 0 Å². The summed E-state index contributed by atoms with van der Waals surface area (Å²) in [5, 5.41) is 7.93. The van der Waals surface area contributed by atoms with Gasteiger partial charge in [0.05, 0.1) is 19.5 Å². The standard InChI is InChI=1S/C16H21ClN4O3S/c1-24-16-5-4-13(17)7-15(16)21-11-14(10-19-21)25(22,23)20-9-12-3-2-6-18-8-12/h4-5,7,10-12,18,20H,2-3,6,8-9H2,1H3. The number of aromatic nitrogens is 2. The van der Waals surface area contributed by atoms with Crippen LogP contribution in [0.1, 0.15) is 12.8 Å². The van der Waals surface area contributed by atoms with Gasteiger partial charge in [-0.15, -0.1) is 0 Å². The van der Waals surface area contributed by atoms with Crippen LogP contribution in [0.15, 0.2) is 35.5 Å². The summed E-state index contributed by atoms with van der Waals surface area (Å²) in [7, 11) is -2.08. The Hall–Kier alpha value is -1.61. The first-order valence-corrected chi connectivity index (χ1v) is 9.94. The predicted octanol–water partition coefficient (Wildman–Crippen LogP) is 1.81. The molecule has 136 valence electrons. The van der Waals surface area contributed by atoms with Crippen molar-refractivity contribution in [1.82, 2.24) is 19.8 Å². The summed E-state index contributed by atoms with van der Waals surface area (Å²) in [6.07, 6.45) is 4.87. The lowest BCUT2D eigenvalue weighted by molar-refractivity contribution is 0.376. The minimum atomic E-state index is -3.61. The minimum Gasteiger partial charge on any atom is -0.494 e. The number of hydrogen-bond acceptors (Lipinski definition) is 5. The number of sulfonamides is 1. The van der Waals surface area contributed by atoms with Gasteiger partial charge in [-0.1, -0.05) is 11.6 Å². The number of benzene rings is 1. The first-order valence-electron chi connectivity index (χ1n) is 8.08. The maximum atomic E-state index is 12.5. The van der Waals surface area contributed by atoms with Crippen LogP contribution >= 0.6 is 11.6 Å². The Labute approximate surface area is 152 Å². The van der Waals surface area contributed by atoms with Crippen molar-refractivity contribution in [3.63, 3.8) is 0 Å². The molecule has 0 spiro atoms. The van der Waals surface area contributed by atoms with Gasteiger partial charge in [-0.05, 0) is 50.0 Å². The summed E-state index contributed by atoms with van der Waals surface area (Å²) in [5.41, 5.74) is 0.577. The fraction of sp³-hybridized carbons (Fsp3) is 0.438. The zero-order valence-electron chi connectivity index (χ0n) is 13.9. The number of halogens is 1. The van der Waals surface area contributed by atoms with Crippen molar-refractivity contribution >= 4 is 21.6 Å². The predicted molar refractivity (Wildman–Crippen MR) is 95.9 cm³/mol. The largest absolute Gasteiger partial charge is 0.494 e. The molecular formula is C16H21ClN4O3S. The molecule has 1 unspecified atom stereocenters. The Morgan fingerprint density at radius 2 is 2.32 bits per heavy atom. The molecule has 0 radical (unpaired) electrons. The van der Waals surface area contributed by atoms with Crippen LogP contribution in [0.2, 0.25) is 5.02 Å². The molecule has 1 aliphatic rings. The van der Waals surface area contributed by atoms with Crippen LogP contribution in [0.25, 0.3) is 5.69 Å². The first kappa shape index (κ1) is 18.2. The molecule has 2 heterocycles. The maximum Gasteiger partial charge on any atom is 0.243 e. The van der Waals surface area contributed by atoms with E-state index in [4.69, 9.17) is 16.3 Å². The summed E-state index contributed by atoms with van der Waals surface area (Å²) in [6.45, 7) is 2.25. The van der Waals surface area contributed by atoms with Gasteiger partial charge < -0.3 is 10.1 Å². The Morgan fingerprint density at radius 3 is 3.04 bits per heavy atom. The molecule has 1 aromatic heterocycles. The fourth-order valence-electron chi connectivity index (χ4n) is 2.83. The van der Waals surface area contributed by atoms with Crippen LogP contribution in [0.3, 0.4) is 0 Å². The van der Waals surface area contributed by atoms with E-state index in [0.717, 1.165) is 25.9 Å². The van der Waals surface area contributed by atoms with Gasteiger partial charge in [0.15, 0.2) is 0 Å². The molecule has 0 bridgehead atoms. The SMILES string of the molecule is COc1ccc(Cl)cc1-n1cc(S(=O)(=O)NCC2CCCNC2)cn1. The normalized spacial score (nSPS) is 18.2. The minimum absolute atomic E-state index is 0.110. The van der Waals surface area contributed by atoms with E-state index in [9.17, 15) is 8.42 Å². The number of nitrogens with zero attached hydrogens (tertiary/aromatic N) is 2. The van der Waals surface area contributed by atoms with Gasteiger partial charge in [-0.2, -0.15) is 5.10 Å². The van der Waals surface area contributed by atoms with E-state index in [2.05, 4.69) is 15.1 Å². The number of nitrogens with one attached hydrogen (secondary N) is 2. The lowest BCUT2D eigenvalue weighted by Crippen LogP contribution is -2.38. The Bertz CT molecular complexity index is 832. The summed E-state index contributed by atoms with van der Waals surface area (Å²) in [4.78, 5) is 0.110. The summed E-state index contributed by atoms with van der Waals surface area (Å²) >= 11 is 6.02. The molecule has 1 atom stereocenters. The molecule has 0 saturated carbocycles. The average molecular weight is 385 g/mol. The highest BCUT2D eigenvalue weighted by molar-refractivity contribution is 7.89. The van der Waals surface area contributed by atoms with Crippen molar-refractivity contribution in [2.75, 3.05) is 26.7 Å². The molecule has 0 amide bonds. The van der Waals surface area contributed by atoms with Crippen molar-refractivity contribution in [3.8, 4) is 11.4 Å². The average Bonchev–Trinajstić information content (AvgIpc) is 3.12. The van der Waals surface area contributed by atoms with Crippen molar-refractivity contribution in [3.05, 3.63) is 35.6 Å². The van der Waals surface area contributed by atoms with E-state index in [-0.39, 0.29) is 4.90 Å². The Balaban J connectivity index is 1.77. The zero-order valence-corrected chi connectivity index (χ0v) is 15.5. The first-order chi connectivity index (χ1) is 12.0. The Kier molecular flexibility index (Phi) is 5.63. The van der Waals surface area contributed by atoms with Crippen molar-refractivity contribution in [1.29, 1.82) is 0 Å². The van der Waals surface area contributed by atoms with E-state index in [1.807, 2.05) is 0 Å². The zero-order chi connectivity index (χ0) is 17.9. The second kappa shape index (κ2) is 7.74. The molecule has 7 nitrogen and oxygen atoms in total. The highest BCUT2D eigenvalue weighted by atomic mass is 35.5. The van der Waals surface area contributed by atoms with Gasteiger partial charge in [0, 0.05) is 11.6 Å². The van der Waals surface area contributed by atoms with Crippen molar-refractivity contribution < 1.29 is 13.2 Å². The van der Waals surface area contributed by atoms with Crippen LogP contribution in [0.4, 0.5) is 0 Å². The van der Waals surface area contributed by atoms with E-state index in [1.165, 1.54) is 24.2 Å². The molecular weight excluding hydrogens is 364 g/mol. The van der Waals surface area contributed by atoms with Crippen LogP contribution in [-0.4, -0.2) is 44.9 Å². The lowest BCUT2D eigenvalue weighted by atomic mass is 10.0. The van der Waals surface area contributed by atoms with Crippen molar-refractivity contribution in [2.24, 2.45) is 5.92 Å². The van der Waals surface area contributed by atoms with Gasteiger partial charge in [0.2, 0.25) is 10.0 Å². The van der Waals surface area contributed by atoms with Crippen molar-refractivity contribution in [2.45, 2.75) is 17.7 Å². The highest BCUT2D eigenvalue weighted by Crippen LogP contribution is 2.26. The van der Waals surface area contributed by atoms with Crippen LogP contribution in [-0.2, 0) is 10.0 Å². The number of piperidine rings is 1. The molecule has 9 heteroatoms. The number of ether oxygens (including phenoxy) is 1. The molecule has 1 fully saturated rings. The molecule has 0 aliphatic carbocycles. The molecule has 1 saturated heterocycles. The lowest BCUT2D eigenvalue weighted by Gasteiger charge is -2.22. The molecule has 2 N–H and O–H groups in total. The summed E-state index contributed by atoms with van der Waals surface area (Å²) < 4.78 is 34.4. The van der Waals surface area contributed by atoms with Gasteiger partial charge in [0.1, 0.15) is 16.3 Å². The third-order valence-electron chi connectivity index (χ3n) is 4.22. The summed E-state index contributed by atoms with van der Waals surface area (Å²) in [6, 6.07) is 5.08. The highest BCUT2D eigenvalue weighted by Gasteiger charge is 2.21. The molecule has 1 aromatic carbocycles. The molecule has 3 rings (SSSR count). The van der Waals surface area contributed by atoms with E-state index in [0.29, 0.717) is 28.9 Å². The molecule has 1 aliphatic heterocycles. The monoisotopic (exact) mass is 384 g/mol. The third kappa shape index (κ3) is 4.33. The van der Waals surface area contributed by atoms with Gasteiger partial charge in [-0.25, -0.2) is 17.8 Å². The van der Waals surface area contributed by atoms with Crippen LogP contribution < -0.4 is 14.8 Å². The number of hydrogen-bond donors (Lipinski definition) is 2. The maximum absolute atomic E-state index is 12.5. The topological polar surface area (TPSA) is 85.2 Å². The quantitative estimate of drug-likeness (QED) is 0.793. The Morgan fingerprint density at radius 1 is 1.48 bits per heavy atom. The number of rotatable bonds is 6. The second-order valence-corrected chi connectivity index (χ2v) is 8.20. The van der Waals surface area contributed by atoms with Crippen LogP contribution in [0.5, 0.6) is 5.75 Å². The van der Waals surface area contributed by atoms with E-state index < -0.39 is 10.0 Å². The third-order valence-corrected chi connectivity index (χ3v) is 5.83. The van der Waals surface area contributed by atoms with E-state index in [1.54, 1.807) is 18.2 Å². The summed E-state index contributed by atoms with van der Waals surface area (Å²) in [5.74, 6) is 0.865. The van der Waals surface area contributed by atoms with Gasteiger partial charge in [-0.3, -0.25) is 0 Å². The smallest absolute Gasteiger partial charge is 0.243 e. The van der Waals surface area contributed by atoms with E-state index >= 15 is 0 Å². The second-order valence-electron chi connectivity index (χ2n) is 6.00. The molecule has 25 heavy (non-hydrogen) atoms. The number of methoxy groups -OCH3 is 1. The van der Waals surface area contributed by atoms with Gasteiger partial charge >= 0.3 is 0 Å². The fourth-order valence-corrected chi connectivity index (χ4v) is 4.04. The van der Waals surface area contributed by atoms with Crippen LogP contribution in [0, 0.1) is 5.92 Å².